The van der Waals surface area contributed by atoms with E-state index in [0.29, 0.717) is 5.54 Å². The molecule has 1 aromatic rings. The minimum atomic E-state index is 0.400. The minimum absolute atomic E-state index is 0.400. The van der Waals surface area contributed by atoms with Crippen molar-refractivity contribution in [1.29, 1.82) is 0 Å². The van der Waals surface area contributed by atoms with Gasteiger partial charge in [0, 0.05) is 24.5 Å². The monoisotopic (exact) mass is 178 g/mol. The lowest BCUT2D eigenvalue weighted by atomic mass is 10.0. The van der Waals surface area contributed by atoms with Crippen molar-refractivity contribution in [3.63, 3.8) is 0 Å². The normalized spacial score (nSPS) is 20.7. The summed E-state index contributed by atoms with van der Waals surface area (Å²) in [7, 11) is 0. The Hall–Kier alpha value is -0.760. The molecule has 2 heteroatoms. The Morgan fingerprint density at radius 3 is 2.85 bits per heavy atom. The SMILES string of the molecule is CC1(NCc2cc[nH]c2)CCCC1. The highest BCUT2D eigenvalue weighted by Crippen LogP contribution is 2.29. The molecule has 0 saturated heterocycles. The van der Waals surface area contributed by atoms with Crippen LogP contribution < -0.4 is 5.32 Å². The lowest BCUT2D eigenvalue weighted by molar-refractivity contribution is 0.363. The van der Waals surface area contributed by atoms with Crippen LogP contribution in [0.15, 0.2) is 18.5 Å². The summed E-state index contributed by atoms with van der Waals surface area (Å²) in [6.45, 7) is 3.34. The number of aromatic amines is 1. The van der Waals surface area contributed by atoms with E-state index in [4.69, 9.17) is 0 Å². The Bertz CT molecular complexity index is 245. The van der Waals surface area contributed by atoms with Crippen LogP contribution in [0.5, 0.6) is 0 Å². The maximum Gasteiger partial charge on any atom is 0.0225 e. The minimum Gasteiger partial charge on any atom is -0.367 e. The molecular formula is C11H18N2. The average Bonchev–Trinajstić information content (AvgIpc) is 2.72. The molecule has 1 aromatic heterocycles. The van der Waals surface area contributed by atoms with Crippen LogP contribution in [0, 0.1) is 0 Å². The zero-order valence-corrected chi connectivity index (χ0v) is 8.27. The molecule has 1 fully saturated rings. The Balaban J connectivity index is 1.85. The number of nitrogens with one attached hydrogen (secondary N) is 2. The second kappa shape index (κ2) is 3.54. The Kier molecular flexibility index (Phi) is 2.40. The smallest absolute Gasteiger partial charge is 0.0225 e. The van der Waals surface area contributed by atoms with Gasteiger partial charge in [-0.15, -0.1) is 0 Å². The van der Waals surface area contributed by atoms with Crippen molar-refractivity contribution in [1.82, 2.24) is 10.3 Å². The van der Waals surface area contributed by atoms with Gasteiger partial charge in [0.25, 0.3) is 0 Å². The summed E-state index contributed by atoms with van der Waals surface area (Å²) in [5, 5.41) is 3.64. The van der Waals surface area contributed by atoms with Crippen molar-refractivity contribution >= 4 is 0 Å². The molecule has 0 radical (unpaired) electrons. The summed E-state index contributed by atoms with van der Waals surface area (Å²) in [6, 6.07) is 2.13. The van der Waals surface area contributed by atoms with Crippen LogP contribution in [0.3, 0.4) is 0 Å². The molecule has 1 heterocycles. The molecule has 0 aliphatic heterocycles. The summed E-state index contributed by atoms with van der Waals surface area (Å²) in [6.07, 6.45) is 9.47. The second-order valence-corrected chi connectivity index (χ2v) is 4.34. The Morgan fingerprint density at radius 2 is 2.23 bits per heavy atom. The van der Waals surface area contributed by atoms with Crippen molar-refractivity contribution in [3.05, 3.63) is 24.0 Å². The van der Waals surface area contributed by atoms with Crippen LogP contribution in [0.25, 0.3) is 0 Å². The fourth-order valence-electron chi connectivity index (χ4n) is 2.12. The van der Waals surface area contributed by atoms with Crippen molar-refractivity contribution in [2.45, 2.75) is 44.7 Å². The van der Waals surface area contributed by atoms with Gasteiger partial charge in [0.1, 0.15) is 0 Å². The van der Waals surface area contributed by atoms with Crippen LogP contribution in [-0.4, -0.2) is 10.5 Å². The lowest BCUT2D eigenvalue weighted by Crippen LogP contribution is -2.38. The number of hydrogen-bond acceptors (Lipinski definition) is 1. The van der Waals surface area contributed by atoms with E-state index in [9.17, 15) is 0 Å². The summed E-state index contributed by atoms with van der Waals surface area (Å²) in [5.74, 6) is 0. The van der Waals surface area contributed by atoms with Crippen LogP contribution >= 0.6 is 0 Å². The van der Waals surface area contributed by atoms with Gasteiger partial charge in [0.05, 0.1) is 0 Å². The van der Waals surface area contributed by atoms with Gasteiger partial charge in [-0.2, -0.15) is 0 Å². The first-order valence-electron chi connectivity index (χ1n) is 5.15. The molecule has 13 heavy (non-hydrogen) atoms. The topological polar surface area (TPSA) is 27.8 Å². The van der Waals surface area contributed by atoms with Gasteiger partial charge in [0.15, 0.2) is 0 Å². The van der Waals surface area contributed by atoms with Crippen molar-refractivity contribution in [3.8, 4) is 0 Å². The molecule has 0 bridgehead atoms. The fraction of sp³-hybridized carbons (Fsp3) is 0.636. The number of hydrogen-bond donors (Lipinski definition) is 2. The molecule has 1 aliphatic carbocycles. The molecule has 72 valence electrons. The molecule has 1 saturated carbocycles. The van der Waals surface area contributed by atoms with Crippen LogP contribution in [0.1, 0.15) is 38.2 Å². The first-order chi connectivity index (χ1) is 6.29. The van der Waals surface area contributed by atoms with E-state index in [0.717, 1.165) is 6.54 Å². The second-order valence-electron chi connectivity index (χ2n) is 4.34. The number of rotatable bonds is 3. The highest BCUT2D eigenvalue weighted by molar-refractivity contribution is 5.08. The third-order valence-corrected chi connectivity index (χ3v) is 3.09. The highest BCUT2D eigenvalue weighted by atomic mass is 15.0. The number of H-pyrrole nitrogens is 1. The summed E-state index contributed by atoms with van der Waals surface area (Å²) >= 11 is 0. The zero-order valence-electron chi connectivity index (χ0n) is 8.27. The van der Waals surface area contributed by atoms with E-state index in [1.54, 1.807) is 0 Å². The van der Waals surface area contributed by atoms with Crippen molar-refractivity contribution in [2.24, 2.45) is 0 Å². The molecule has 0 spiro atoms. The summed E-state index contributed by atoms with van der Waals surface area (Å²) in [4.78, 5) is 3.08. The summed E-state index contributed by atoms with van der Waals surface area (Å²) in [5.41, 5.74) is 1.75. The summed E-state index contributed by atoms with van der Waals surface area (Å²) < 4.78 is 0. The van der Waals surface area contributed by atoms with Crippen molar-refractivity contribution in [2.75, 3.05) is 0 Å². The molecule has 1 aliphatic rings. The predicted molar refractivity (Wildman–Crippen MR) is 54.5 cm³/mol. The largest absolute Gasteiger partial charge is 0.367 e. The van der Waals surface area contributed by atoms with Gasteiger partial charge in [-0.3, -0.25) is 0 Å². The van der Waals surface area contributed by atoms with Gasteiger partial charge in [-0.25, -0.2) is 0 Å². The third kappa shape index (κ3) is 2.13. The molecule has 0 atom stereocenters. The van der Waals surface area contributed by atoms with E-state index in [1.165, 1.54) is 31.2 Å². The highest BCUT2D eigenvalue weighted by Gasteiger charge is 2.27. The molecule has 2 rings (SSSR count). The number of aromatic nitrogens is 1. The first kappa shape index (κ1) is 8.82. The van der Waals surface area contributed by atoms with Gasteiger partial charge >= 0.3 is 0 Å². The predicted octanol–water partition coefficient (Wildman–Crippen LogP) is 2.44. The lowest BCUT2D eigenvalue weighted by Gasteiger charge is -2.25. The van der Waals surface area contributed by atoms with Gasteiger partial charge in [-0.05, 0) is 31.4 Å². The van der Waals surface area contributed by atoms with Gasteiger partial charge in [0.2, 0.25) is 0 Å². The molecule has 2 N–H and O–H groups in total. The molecular weight excluding hydrogens is 160 g/mol. The van der Waals surface area contributed by atoms with Gasteiger partial charge in [-0.1, -0.05) is 12.8 Å². The van der Waals surface area contributed by atoms with Crippen molar-refractivity contribution < 1.29 is 0 Å². The standard InChI is InChI=1S/C11H18N2/c1-11(5-2-3-6-11)13-9-10-4-7-12-8-10/h4,7-8,12-13H,2-3,5-6,9H2,1H3. The average molecular weight is 178 g/mol. The first-order valence-corrected chi connectivity index (χ1v) is 5.15. The molecule has 0 aromatic carbocycles. The Morgan fingerprint density at radius 1 is 1.46 bits per heavy atom. The van der Waals surface area contributed by atoms with Crippen LogP contribution in [0.4, 0.5) is 0 Å². The zero-order chi connectivity index (χ0) is 9.15. The van der Waals surface area contributed by atoms with Crippen LogP contribution in [0.2, 0.25) is 0 Å². The Labute approximate surface area is 79.7 Å². The van der Waals surface area contributed by atoms with E-state index in [1.807, 2.05) is 6.20 Å². The van der Waals surface area contributed by atoms with E-state index < -0.39 is 0 Å². The quantitative estimate of drug-likeness (QED) is 0.731. The molecule has 0 unspecified atom stereocenters. The van der Waals surface area contributed by atoms with E-state index >= 15 is 0 Å². The van der Waals surface area contributed by atoms with Crippen LogP contribution in [-0.2, 0) is 6.54 Å². The molecule has 0 amide bonds. The fourth-order valence-corrected chi connectivity index (χ4v) is 2.12. The van der Waals surface area contributed by atoms with E-state index in [-0.39, 0.29) is 0 Å². The maximum atomic E-state index is 3.64. The van der Waals surface area contributed by atoms with E-state index in [2.05, 4.69) is 29.5 Å². The molecule has 2 nitrogen and oxygen atoms in total. The van der Waals surface area contributed by atoms with Gasteiger partial charge < -0.3 is 10.3 Å². The third-order valence-electron chi connectivity index (χ3n) is 3.09. The maximum absolute atomic E-state index is 3.64.